The predicted molar refractivity (Wildman–Crippen MR) is 41.4 cm³/mol. The molecule has 0 aromatic heterocycles. The Morgan fingerprint density at radius 2 is 2.07 bits per heavy atom. The molecule has 0 unspecified atom stereocenters. The van der Waals surface area contributed by atoms with E-state index in [1.165, 1.54) is 0 Å². The van der Waals surface area contributed by atoms with Crippen LogP contribution in [0, 0.1) is 0 Å². The fourth-order valence-electron chi connectivity index (χ4n) is 1.28. The lowest BCUT2D eigenvalue weighted by Crippen LogP contribution is -2.55. The lowest BCUT2D eigenvalue weighted by molar-refractivity contribution is -0.253. The van der Waals surface area contributed by atoms with Gasteiger partial charge in [0, 0.05) is 0 Å². The lowest BCUT2D eigenvalue weighted by Gasteiger charge is -2.36. The van der Waals surface area contributed by atoms with Gasteiger partial charge in [-0.25, -0.2) is 4.79 Å². The van der Waals surface area contributed by atoms with Gasteiger partial charge in [0.1, 0.15) is 0 Å². The monoisotopic (exact) mass is 229 g/mol. The summed E-state index contributed by atoms with van der Waals surface area (Å²) in [5, 5.41) is 17.2. The molecule has 0 radical (unpaired) electrons. The maximum absolute atomic E-state index is 12.3. The van der Waals surface area contributed by atoms with E-state index in [0.717, 1.165) is 0 Å². The van der Waals surface area contributed by atoms with Crippen LogP contribution in [0.1, 0.15) is 0 Å². The third-order valence-electron chi connectivity index (χ3n) is 2.01. The summed E-state index contributed by atoms with van der Waals surface area (Å²) in [5.41, 5.74) is 0. The highest BCUT2D eigenvalue weighted by Gasteiger charge is 2.46. The summed E-state index contributed by atoms with van der Waals surface area (Å²) in [6.07, 6.45) is -9.37. The first-order valence-corrected chi connectivity index (χ1v) is 4.15. The Hall–Kier alpha value is -1.02. The molecule has 0 aromatic carbocycles. The Balaban J connectivity index is 2.71. The Bertz CT molecular complexity index is 245. The van der Waals surface area contributed by atoms with Crippen molar-refractivity contribution in [3.05, 3.63) is 0 Å². The van der Waals surface area contributed by atoms with Crippen molar-refractivity contribution >= 4 is 6.09 Å². The summed E-state index contributed by atoms with van der Waals surface area (Å²) in [7, 11) is 0. The second kappa shape index (κ2) is 4.23. The Kier molecular flexibility index (Phi) is 3.40. The summed E-state index contributed by atoms with van der Waals surface area (Å²) < 4.78 is 41.3. The van der Waals surface area contributed by atoms with Crippen molar-refractivity contribution in [1.29, 1.82) is 0 Å². The van der Waals surface area contributed by atoms with E-state index in [-0.39, 0.29) is 6.54 Å². The van der Waals surface area contributed by atoms with Gasteiger partial charge in [0.15, 0.2) is 6.10 Å². The van der Waals surface area contributed by atoms with E-state index < -0.39 is 37.6 Å². The van der Waals surface area contributed by atoms with Crippen LogP contribution in [-0.4, -0.2) is 59.3 Å². The number of aliphatic hydroxyl groups is 1. The average Bonchev–Trinajstić information content (AvgIpc) is 2.15. The van der Waals surface area contributed by atoms with Crippen LogP contribution in [0.25, 0.3) is 0 Å². The topological polar surface area (TPSA) is 70.0 Å². The first-order chi connectivity index (χ1) is 6.84. The summed E-state index contributed by atoms with van der Waals surface area (Å²) in [4.78, 5) is 11.1. The predicted octanol–water partition coefficient (Wildman–Crippen LogP) is 0.288. The van der Waals surface area contributed by atoms with Crippen LogP contribution in [0.15, 0.2) is 0 Å². The van der Waals surface area contributed by atoms with Crippen molar-refractivity contribution in [3.63, 3.8) is 0 Å². The highest BCUT2D eigenvalue weighted by molar-refractivity contribution is 5.65. The second-order valence-corrected chi connectivity index (χ2v) is 3.16. The Labute approximate surface area is 83.0 Å². The molecule has 1 fully saturated rings. The van der Waals surface area contributed by atoms with E-state index in [0.29, 0.717) is 4.90 Å². The van der Waals surface area contributed by atoms with E-state index in [1.807, 2.05) is 0 Å². The van der Waals surface area contributed by atoms with Gasteiger partial charge in [-0.2, -0.15) is 13.2 Å². The molecule has 0 spiro atoms. The van der Waals surface area contributed by atoms with Crippen molar-refractivity contribution < 1.29 is 32.9 Å². The van der Waals surface area contributed by atoms with Crippen LogP contribution in [0.3, 0.4) is 0 Å². The minimum atomic E-state index is -4.62. The van der Waals surface area contributed by atoms with Crippen molar-refractivity contribution in [3.8, 4) is 0 Å². The standard InChI is InChI=1S/C7H10F3NO4/c8-7(9,10)5-2-11(6(13)14)1-4(3-12)15-5/h4-5,12H,1-3H2,(H,13,14)/t4-,5-/m0/s1. The molecule has 2 N–H and O–H groups in total. The van der Waals surface area contributed by atoms with E-state index in [9.17, 15) is 18.0 Å². The SMILES string of the molecule is O=C(O)N1C[C@@H](CO)O[C@H](C(F)(F)F)C1. The Morgan fingerprint density at radius 3 is 2.47 bits per heavy atom. The molecule has 1 aliphatic rings. The molecule has 1 heterocycles. The number of carbonyl (C=O) groups is 1. The number of morpholine rings is 1. The van der Waals surface area contributed by atoms with Crippen molar-refractivity contribution in [2.75, 3.05) is 19.7 Å². The number of nitrogens with zero attached hydrogens (tertiary/aromatic N) is 1. The molecule has 88 valence electrons. The maximum Gasteiger partial charge on any atom is 0.416 e. The van der Waals surface area contributed by atoms with E-state index >= 15 is 0 Å². The van der Waals surface area contributed by atoms with Gasteiger partial charge >= 0.3 is 12.3 Å². The summed E-state index contributed by atoms with van der Waals surface area (Å²) in [5.74, 6) is 0. The molecular weight excluding hydrogens is 219 g/mol. The van der Waals surface area contributed by atoms with Gasteiger partial charge in [0.25, 0.3) is 0 Å². The molecule has 1 aliphatic heterocycles. The molecule has 5 nitrogen and oxygen atoms in total. The van der Waals surface area contributed by atoms with Gasteiger partial charge in [0.05, 0.1) is 25.8 Å². The van der Waals surface area contributed by atoms with Crippen LogP contribution in [0.4, 0.5) is 18.0 Å². The molecular formula is C7H10F3NO4. The van der Waals surface area contributed by atoms with Gasteiger partial charge in [-0.3, -0.25) is 0 Å². The van der Waals surface area contributed by atoms with E-state index in [1.54, 1.807) is 0 Å². The quantitative estimate of drug-likeness (QED) is 0.678. The van der Waals surface area contributed by atoms with E-state index in [2.05, 4.69) is 4.74 Å². The van der Waals surface area contributed by atoms with Crippen molar-refractivity contribution in [1.82, 2.24) is 4.90 Å². The van der Waals surface area contributed by atoms with Crippen LogP contribution in [0.2, 0.25) is 0 Å². The number of aliphatic hydroxyl groups excluding tert-OH is 1. The van der Waals surface area contributed by atoms with E-state index in [4.69, 9.17) is 10.2 Å². The van der Waals surface area contributed by atoms with Gasteiger partial charge < -0.3 is 19.8 Å². The number of alkyl halides is 3. The normalized spacial score (nSPS) is 27.9. The third-order valence-corrected chi connectivity index (χ3v) is 2.01. The third kappa shape index (κ3) is 2.96. The molecule has 1 amide bonds. The number of halogens is 3. The minimum Gasteiger partial charge on any atom is -0.465 e. The fraction of sp³-hybridized carbons (Fsp3) is 0.857. The zero-order chi connectivity index (χ0) is 11.6. The molecule has 0 aliphatic carbocycles. The number of hydrogen-bond acceptors (Lipinski definition) is 3. The first kappa shape index (κ1) is 12.1. The van der Waals surface area contributed by atoms with Crippen LogP contribution in [-0.2, 0) is 4.74 Å². The number of rotatable bonds is 1. The zero-order valence-electron chi connectivity index (χ0n) is 7.57. The highest BCUT2D eigenvalue weighted by atomic mass is 19.4. The number of ether oxygens (including phenoxy) is 1. The van der Waals surface area contributed by atoms with Gasteiger partial charge in [-0.05, 0) is 0 Å². The summed E-state index contributed by atoms with van der Waals surface area (Å²) in [6, 6.07) is 0. The fourth-order valence-corrected chi connectivity index (χ4v) is 1.28. The largest absolute Gasteiger partial charge is 0.465 e. The van der Waals surface area contributed by atoms with Gasteiger partial charge in [0.2, 0.25) is 0 Å². The second-order valence-electron chi connectivity index (χ2n) is 3.16. The number of amides is 1. The molecule has 1 saturated heterocycles. The Morgan fingerprint density at radius 1 is 1.47 bits per heavy atom. The minimum absolute atomic E-state index is 0.252. The maximum atomic E-state index is 12.3. The van der Waals surface area contributed by atoms with Crippen LogP contribution in [0.5, 0.6) is 0 Å². The van der Waals surface area contributed by atoms with Gasteiger partial charge in [-0.15, -0.1) is 0 Å². The number of hydrogen-bond donors (Lipinski definition) is 2. The van der Waals surface area contributed by atoms with Crippen LogP contribution >= 0.6 is 0 Å². The molecule has 0 bridgehead atoms. The molecule has 1 rings (SSSR count). The molecule has 0 aromatic rings. The lowest BCUT2D eigenvalue weighted by atomic mass is 10.2. The first-order valence-electron chi connectivity index (χ1n) is 4.15. The molecule has 2 atom stereocenters. The molecule has 8 heteroatoms. The smallest absolute Gasteiger partial charge is 0.416 e. The summed E-state index contributed by atoms with van der Waals surface area (Å²) >= 11 is 0. The van der Waals surface area contributed by atoms with Crippen molar-refractivity contribution in [2.45, 2.75) is 18.4 Å². The number of carboxylic acid groups (broad SMARTS) is 1. The average molecular weight is 229 g/mol. The highest BCUT2D eigenvalue weighted by Crippen LogP contribution is 2.27. The zero-order valence-corrected chi connectivity index (χ0v) is 7.57. The van der Waals surface area contributed by atoms with Crippen LogP contribution < -0.4 is 0 Å². The van der Waals surface area contributed by atoms with Gasteiger partial charge in [-0.1, -0.05) is 0 Å². The molecule has 0 saturated carbocycles. The van der Waals surface area contributed by atoms with Crippen molar-refractivity contribution in [2.24, 2.45) is 0 Å². The summed E-state index contributed by atoms with van der Waals surface area (Å²) in [6.45, 7) is -1.65. The molecule has 15 heavy (non-hydrogen) atoms.